The number of benzene rings is 4. The lowest BCUT2D eigenvalue weighted by Crippen LogP contribution is -2.50. The van der Waals surface area contributed by atoms with Crippen molar-refractivity contribution in [2.45, 2.75) is 0 Å². The quantitative estimate of drug-likeness (QED) is 0.386. The fraction of sp³-hybridized carbons (Fsp3) is 0.0667. The molecule has 0 unspecified atom stereocenters. The Bertz CT molecular complexity index is 1210. The van der Waals surface area contributed by atoms with Gasteiger partial charge in [-0.2, -0.15) is 10.2 Å². The van der Waals surface area contributed by atoms with Crippen molar-refractivity contribution in [3.05, 3.63) is 144 Å². The third kappa shape index (κ3) is 5.13. The molecular weight excluding hydrogens is 448 g/mol. The van der Waals surface area contributed by atoms with Crippen molar-refractivity contribution in [2.75, 3.05) is 13.1 Å². The van der Waals surface area contributed by atoms with Gasteiger partial charge in [0.25, 0.3) is 11.8 Å². The first-order valence-corrected chi connectivity index (χ1v) is 11.7. The van der Waals surface area contributed by atoms with Crippen LogP contribution in [0.1, 0.15) is 22.3 Å². The molecule has 0 spiro atoms. The molecule has 1 fully saturated rings. The maximum absolute atomic E-state index is 13.2. The van der Waals surface area contributed by atoms with Crippen LogP contribution in [-0.4, -0.2) is 46.3 Å². The van der Waals surface area contributed by atoms with E-state index < -0.39 is 0 Å². The standard InChI is InChI=1S/C30H24N4O2/c35-27-22-34(32-30(25-17-9-3-10-18-25)26-19-11-4-12-20-26)28(36)21-33(27)31-29(23-13-5-1-6-14-23)24-15-7-2-8-16-24/h1-20H,21-22H2. The van der Waals surface area contributed by atoms with Gasteiger partial charge < -0.3 is 0 Å². The van der Waals surface area contributed by atoms with Crippen LogP contribution in [0.5, 0.6) is 0 Å². The highest BCUT2D eigenvalue weighted by atomic mass is 16.2. The third-order valence-electron chi connectivity index (χ3n) is 5.78. The molecule has 0 aromatic heterocycles. The highest BCUT2D eigenvalue weighted by Gasteiger charge is 2.31. The number of hydrogen-bond donors (Lipinski definition) is 0. The molecule has 4 aromatic rings. The van der Waals surface area contributed by atoms with E-state index in [1.54, 1.807) is 0 Å². The summed E-state index contributed by atoms with van der Waals surface area (Å²) in [5.41, 5.74) is 4.70. The Kier molecular flexibility index (Phi) is 6.76. The minimum Gasteiger partial charge on any atom is -0.271 e. The van der Waals surface area contributed by atoms with E-state index in [2.05, 4.69) is 10.2 Å². The first kappa shape index (κ1) is 22.9. The first-order chi connectivity index (χ1) is 17.7. The van der Waals surface area contributed by atoms with Crippen molar-refractivity contribution < 1.29 is 9.59 Å². The first-order valence-electron chi connectivity index (χ1n) is 11.7. The summed E-state index contributed by atoms with van der Waals surface area (Å²) in [5, 5.41) is 11.8. The molecule has 0 aliphatic carbocycles. The van der Waals surface area contributed by atoms with Crippen molar-refractivity contribution in [2.24, 2.45) is 10.2 Å². The lowest BCUT2D eigenvalue weighted by atomic mass is 10.0. The van der Waals surface area contributed by atoms with E-state index in [0.717, 1.165) is 22.3 Å². The summed E-state index contributed by atoms with van der Waals surface area (Å²) in [5.74, 6) is -0.605. The van der Waals surface area contributed by atoms with Gasteiger partial charge in [0.15, 0.2) is 0 Å². The molecule has 6 heteroatoms. The van der Waals surface area contributed by atoms with Gasteiger partial charge in [0, 0.05) is 22.3 Å². The van der Waals surface area contributed by atoms with Gasteiger partial charge in [-0.1, -0.05) is 121 Å². The lowest BCUT2D eigenvalue weighted by molar-refractivity contribution is -0.150. The number of rotatable bonds is 6. The average Bonchev–Trinajstić information content (AvgIpc) is 2.94. The molecule has 5 rings (SSSR count). The van der Waals surface area contributed by atoms with Crippen LogP contribution in [0.2, 0.25) is 0 Å². The monoisotopic (exact) mass is 472 g/mol. The Morgan fingerprint density at radius 2 is 0.694 bits per heavy atom. The number of piperazine rings is 1. The zero-order valence-corrected chi connectivity index (χ0v) is 19.6. The van der Waals surface area contributed by atoms with Crippen LogP contribution >= 0.6 is 0 Å². The number of hydrazone groups is 2. The SMILES string of the molecule is O=C1CN(N=C(c2ccccc2)c2ccccc2)C(=O)CN1N=C(c1ccccc1)c1ccccc1. The Labute approximate surface area is 209 Å². The molecule has 0 bridgehead atoms. The maximum Gasteiger partial charge on any atom is 0.265 e. The smallest absolute Gasteiger partial charge is 0.265 e. The van der Waals surface area contributed by atoms with Crippen molar-refractivity contribution >= 4 is 23.2 Å². The number of hydrogen-bond acceptors (Lipinski definition) is 4. The van der Waals surface area contributed by atoms with E-state index in [9.17, 15) is 9.59 Å². The van der Waals surface area contributed by atoms with Crippen LogP contribution in [-0.2, 0) is 9.59 Å². The number of nitrogens with zero attached hydrogens (tertiary/aromatic N) is 4. The van der Waals surface area contributed by atoms with E-state index in [0.29, 0.717) is 11.4 Å². The van der Waals surface area contributed by atoms with Crippen LogP contribution in [0.15, 0.2) is 132 Å². The normalized spacial score (nSPS) is 13.3. The number of amides is 2. The molecule has 0 atom stereocenters. The van der Waals surface area contributed by atoms with Crippen molar-refractivity contribution in [1.29, 1.82) is 0 Å². The van der Waals surface area contributed by atoms with Gasteiger partial charge in [-0.25, -0.2) is 10.0 Å². The number of carbonyl (C=O) groups excluding carboxylic acids is 2. The summed E-state index contributed by atoms with van der Waals surface area (Å²) >= 11 is 0. The molecule has 0 radical (unpaired) electrons. The Balaban J connectivity index is 1.46. The van der Waals surface area contributed by atoms with Crippen LogP contribution in [0, 0.1) is 0 Å². The fourth-order valence-electron chi connectivity index (χ4n) is 3.97. The Hall–Kier alpha value is -4.84. The van der Waals surface area contributed by atoms with Crippen LogP contribution in [0.3, 0.4) is 0 Å². The summed E-state index contributed by atoms with van der Waals surface area (Å²) in [6.07, 6.45) is 0. The zero-order valence-electron chi connectivity index (χ0n) is 19.6. The van der Waals surface area contributed by atoms with Gasteiger partial charge in [0.05, 0.1) is 11.4 Å². The zero-order chi connectivity index (χ0) is 24.7. The molecule has 1 aliphatic heterocycles. The van der Waals surface area contributed by atoms with E-state index in [4.69, 9.17) is 0 Å². The topological polar surface area (TPSA) is 65.3 Å². The number of carbonyl (C=O) groups is 2. The molecule has 2 amide bonds. The molecule has 1 saturated heterocycles. The van der Waals surface area contributed by atoms with Crippen LogP contribution < -0.4 is 0 Å². The van der Waals surface area contributed by atoms with Crippen molar-refractivity contribution in [3.8, 4) is 0 Å². The summed E-state index contributed by atoms with van der Waals surface area (Å²) in [4.78, 5) is 26.3. The second-order valence-corrected chi connectivity index (χ2v) is 8.26. The van der Waals surface area contributed by atoms with Gasteiger partial charge in [-0.3, -0.25) is 9.59 Å². The second-order valence-electron chi connectivity index (χ2n) is 8.26. The summed E-state index contributed by atoms with van der Waals surface area (Å²) in [6.45, 7) is -0.384. The summed E-state index contributed by atoms with van der Waals surface area (Å²) in [6, 6.07) is 38.5. The lowest BCUT2D eigenvalue weighted by Gasteiger charge is -2.29. The molecule has 176 valence electrons. The third-order valence-corrected chi connectivity index (χ3v) is 5.78. The maximum atomic E-state index is 13.2. The molecular formula is C30H24N4O2. The van der Waals surface area contributed by atoms with Crippen LogP contribution in [0.25, 0.3) is 0 Å². The predicted molar refractivity (Wildman–Crippen MR) is 140 cm³/mol. The minimum absolute atomic E-state index is 0.192. The molecule has 36 heavy (non-hydrogen) atoms. The van der Waals surface area contributed by atoms with Gasteiger partial charge in [0.1, 0.15) is 13.1 Å². The molecule has 4 aromatic carbocycles. The molecule has 6 nitrogen and oxygen atoms in total. The minimum atomic E-state index is -0.303. The highest BCUT2D eigenvalue weighted by Crippen LogP contribution is 2.17. The van der Waals surface area contributed by atoms with Gasteiger partial charge in [0.2, 0.25) is 0 Å². The highest BCUT2D eigenvalue weighted by molar-refractivity contribution is 6.14. The van der Waals surface area contributed by atoms with Gasteiger partial charge in [-0.15, -0.1) is 0 Å². The molecule has 1 aliphatic rings. The summed E-state index contributed by atoms with van der Waals surface area (Å²) < 4.78 is 0. The van der Waals surface area contributed by atoms with E-state index in [1.165, 1.54) is 10.0 Å². The predicted octanol–water partition coefficient (Wildman–Crippen LogP) is 4.56. The molecule has 1 heterocycles. The largest absolute Gasteiger partial charge is 0.271 e. The average molecular weight is 473 g/mol. The van der Waals surface area contributed by atoms with E-state index in [-0.39, 0.29) is 24.9 Å². The summed E-state index contributed by atoms with van der Waals surface area (Å²) in [7, 11) is 0. The van der Waals surface area contributed by atoms with Gasteiger partial charge >= 0.3 is 0 Å². The van der Waals surface area contributed by atoms with E-state index >= 15 is 0 Å². The van der Waals surface area contributed by atoms with E-state index in [1.807, 2.05) is 121 Å². The molecule has 0 saturated carbocycles. The van der Waals surface area contributed by atoms with Crippen LogP contribution in [0.4, 0.5) is 0 Å². The second kappa shape index (κ2) is 10.6. The van der Waals surface area contributed by atoms with Crippen molar-refractivity contribution in [1.82, 2.24) is 10.0 Å². The fourth-order valence-corrected chi connectivity index (χ4v) is 3.97. The molecule has 0 N–H and O–H groups in total. The Morgan fingerprint density at radius 3 is 0.944 bits per heavy atom. The van der Waals surface area contributed by atoms with Gasteiger partial charge in [-0.05, 0) is 0 Å². The Morgan fingerprint density at radius 1 is 0.444 bits per heavy atom. The van der Waals surface area contributed by atoms with Crippen molar-refractivity contribution in [3.63, 3.8) is 0 Å².